The van der Waals surface area contributed by atoms with E-state index in [4.69, 9.17) is 5.73 Å². The van der Waals surface area contributed by atoms with Crippen molar-refractivity contribution in [2.24, 2.45) is 5.73 Å². The number of aromatic nitrogens is 3. The van der Waals surface area contributed by atoms with E-state index in [1.807, 2.05) is 13.0 Å². The first-order chi connectivity index (χ1) is 8.24. The number of thiazole rings is 1. The van der Waals surface area contributed by atoms with E-state index in [0.717, 1.165) is 39.9 Å². The van der Waals surface area contributed by atoms with Crippen molar-refractivity contribution in [3.8, 4) is 10.7 Å². The van der Waals surface area contributed by atoms with Gasteiger partial charge in [-0.15, -0.1) is 11.3 Å². The smallest absolute Gasteiger partial charge is 0.142 e. The summed E-state index contributed by atoms with van der Waals surface area (Å²) < 4.78 is 0. The largest absolute Gasteiger partial charge is 0.326 e. The molecule has 2 rings (SSSR count). The molecule has 0 aromatic carbocycles. The van der Waals surface area contributed by atoms with Gasteiger partial charge in [0.1, 0.15) is 16.5 Å². The first-order valence-electron chi connectivity index (χ1n) is 5.73. The van der Waals surface area contributed by atoms with E-state index in [1.165, 1.54) is 0 Å². The fourth-order valence-electron chi connectivity index (χ4n) is 1.66. The molecule has 0 aliphatic carbocycles. The van der Waals surface area contributed by atoms with E-state index in [2.05, 4.69) is 21.9 Å². The maximum Gasteiger partial charge on any atom is 0.142 e. The lowest BCUT2D eigenvalue weighted by atomic mass is 10.2. The van der Waals surface area contributed by atoms with Gasteiger partial charge in [0.2, 0.25) is 0 Å². The summed E-state index contributed by atoms with van der Waals surface area (Å²) in [5.41, 5.74) is 7.75. The van der Waals surface area contributed by atoms with Crippen molar-refractivity contribution in [2.45, 2.75) is 33.2 Å². The molecule has 2 aromatic rings. The molecule has 0 unspecified atom stereocenters. The summed E-state index contributed by atoms with van der Waals surface area (Å²) >= 11 is 1.63. The van der Waals surface area contributed by atoms with Crippen molar-refractivity contribution >= 4 is 11.3 Å². The van der Waals surface area contributed by atoms with Gasteiger partial charge in [-0.2, -0.15) is 0 Å². The molecule has 0 atom stereocenters. The van der Waals surface area contributed by atoms with Gasteiger partial charge in [0, 0.05) is 17.6 Å². The molecule has 0 saturated heterocycles. The Morgan fingerprint density at radius 2 is 2.18 bits per heavy atom. The fourth-order valence-corrected chi connectivity index (χ4v) is 2.62. The minimum Gasteiger partial charge on any atom is -0.326 e. The summed E-state index contributed by atoms with van der Waals surface area (Å²) in [4.78, 5) is 14.3. The highest BCUT2D eigenvalue weighted by Crippen LogP contribution is 2.27. The van der Waals surface area contributed by atoms with Crippen LogP contribution < -0.4 is 5.73 Å². The van der Waals surface area contributed by atoms with Crippen LogP contribution in [0, 0.1) is 6.92 Å². The molecule has 90 valence electrons. The second kappa shape index (κ2) is 5.33. The Kier molecular flexibility index (Phi) is 3.81. The minimum absolute atomic E-state index is 0.553. The van der Waals surface area contributed by atoms with Crippen LogP contribution in [0.3, 0.4) is 0 Å². The molecule has 0 amide bonds. The summed E-state index contributed by atoms with van der Waals surface area (Å²) in [6.07, 6.45) is 3.83. The SMILES string of the molecule is CCCc1nc(-c2ccnc(C)n2)sc1CN. The highest BCUT2D eigenvalue weighted by atomic mass is 32.1. The molecule has 0 saturated carbocycles. The van der Waals surface area contributed by atoms with Crippen LogP contribution in [0.15, 0.2) is 12.3 Å². The third kappa shape index (κ3) is 2.68. The molecule has 2 N–H and O–H groups in total. The zero-order valence-electron chi connectivity index (χ0n) is 10.1. The average molecular weight is 248 g/mol. The lowest BCUT2D eigenvalue weighted by Gasteiger charge is -1.95. The minimum atomic E-state index is 0.553. The van der Waals surface area contributed by atoms with Crippen LogP contribution in [0.2, 0.25) is 0 Å². The molecule has 5 heteroatoms. The summed E-state index contributed by atoms with van der Waals surface area (Å²) in [7, 11) is 0. The number of nitrogens with zero attached hydrogens (tertiary/aromatic N) is 3. The van der Waals surface area contributed by atoms with Crippen molar-refractivity contribution in [3.63, 3.8) is 0 Å². The summed E-state index contributed by atoms with van der Waals surface area (Å²) in [5.74, 6) is 0.768. The van der Waals surface area contributed by atoms with E-state index < -0.39 is 0 Å². The van der Waals surface area contributed by atoms with Crippen molar-refractivity contribution < 1.29 is 0 Å². The second-order valence-electron chi connectivity index (χ2n) is 3.83. The topological polar surface area (TPSA) is 64.7 Å². The summed E-state index contributed by atoms with van der Waals surface area (Å²) in [6.45, 7) is 4.58. The molecule has 0 bridgehead atoms. The third-order valence-corrected chi connectivity index (χ3v) is 3.59. The van der Waals surface area contributed by atoms with Crippen molar-refractivity contribution in [3.05, 3.63) is 28.7 Å². The zero-order chi connectivity index (χ0) is 12.3. The van der Waals surface area contributed by atoms with Crippen LogP contribution in [0.1, 0.15) is 29.7 Å². The van der Waals surface area contributed by atoms with E-state index in [-0.39, 0.29) is 0 Å². The zero-order valence-corrected chi connectivity index (χ0v) is 10.9. The number of nitrogens with two attached hydrogens (primary N) is 1. The van der Waals surface area contributed by atoms with E-state index in [9.17, 15) is 0 Å². The second-order valence-corrected chi connectivity index (χ2v) is 4.92. The predicted molar refractivity (Wildman–Crippen MR) is 69.8 cm³/mol. The third-order valence-electron chi connectivity index (χ3n) is 2.45. The number of hydrogen-bond acceptors (Lipinski definition) is 5. The molecule has 4 nitrogen and oxygen atoms in total. The Labute approximate surface area is 105 Å². The van der Waals surface area contributed by atoms with Gasteiger partial charge in [-0.3, -0.25) is 0 Å². The standard InChI is InChI=1S/C12H16N4S/c1-3-4-9-11(7-13)17-12(16-9)10-5-6-14-8(2)15-10/h5-6H,3-4,7,13H2,1-2H3. The first kappa shape index (κ1) is 12.1. The van der Waals surface area contributed by atoms with E-state index in [0.29, 0.717) is 6.54 Å². The molecule has 0 aliphatic rings. The molecular formula is C12H16N4S. The summed E-state index contributed by atoms with van der Waals surface area (Å²) in [6, 6.07) is 1.89. The quantitative estimate of drug-likeness (QED) is 0.901. The normalized spacial score (nSPS) is 10.8. The Balaban J connectivity index is 2.39. The molecule has 0 radical (unpaired) electrons. The molecule has 2 heterocycles. The highest BCUT2D eigenvalue weighted by molar-refractivity contribution is 7.15. The van der Waals surface area contributed by atoms with E-state index >= 15 is 0 Å². The van der Waals surface area contributed by atoms with Crippen LogP contribution in [-0.4, -0.2) is 15.0 Å². The number of hydrogen-bond donors (Lipinski definition) is 1. The lowest BCUT2D eigenvalue weighted by Crippen LogP contribution is -1.97. The highest BCUT2D eigenvalue weighted by Gasteiger charge is 2.11. The average Bonchev–Trinajstić information content (AvgIpc) is 2.73. The molecular weight excluding hydrogens is 232 g/mol. The first-order valence-corrected chi connectivity index (χ1v) is 6.55. The maximum atomic E-state index is 5.74. The molecule has 2 aromatic heterocycles. The molecule has 0 aliphatic heterocycles. The van der Waals surface area contributed by atoms with Crippen molar-refractivity contribution in [1.29, 1.82) is 0 Å². The Morgan fingerprint density at radius 3 is 2.82 bits per heavy atom. The van der Waals surface area contributed by atoms with Crippen molar-refractivity contribution in [1.82, 2.24) is 15.0 Å². The molecule has 0 spiro atoms. The lowest BCUT2D eigenvalue weighted by molar-refractivity contribution is 0.871. The van der Waals surface area contributed by atoms with Gasteiger partial charge in [0.15, 0.2) is 0 Å². The van der Waals surface area contributed by atoms with Gasteiger partial charge < -0.3 is 5.73 Å². The Hall–Kier alpha value is -1.33. The van der Waals surface area contributed by atoms with Crippen LogP contribution in [0.5, 0.6) is 0 Å². The molecule has 17 heavy (non-hydrogen) atoms. The summed E-state index contributed by atoms with van der Waals surface area (Å²) in [5, 5.41) is 0.944. The van der Waals surface area contributed by atoms with Gasteiger partial charge >= 0.3 is 0 Å². The van der Waals surface area contributed by atoms with Crippen LogP contribution in [0.4, 0.5) is 0 Å². The fraction of sp³-hybridized carbons (Fsp3) is 0.417. The predicted octanol–water partition coefficient (Wildman–Crippen LogP) is 2.32. The van der Waals surface area contributed by atoms with Crippen LogP contribution in [0.25, 0.3) is 10.7 Å². The monoisotopic (exact) mass is 248 g/mol. The Morgan fingerprint density at radius 1 is 1.35 bits per heavy atom. The van der Waals surface area contributed by atoms with Gasteiger partial charge in [-0.1, -0.05) is 13.3 Å². The number of aryl methyl sites for hydroxylation is 2. The van der Waals surface area contributed by atoms with Crippen molar-refractivity contribution in [2.75, 3.05) is 0 Å². The van der Waals surface area contributed by atoms with E-state index in [1.54, 1.807) is 17.5 Å². The van der Waals surface area contributed by atoms with Crippen LogP contribution >= 0.6 is 11.3 Å². The van der Waals surface area contributed by atoms with Gasteiger partial charge in [0.05, 0.1) is 5.69 Å². The maximum absolute atomic E-state index is 5.74. The van der Waals surface area contributed by atoms with Crippen LogP contribution in [-0.2, 0) is 13.0 Å². The number of rotatable bonds is 4. The molecule has 0 fully saturated rings. The Bertz CT molecular complexity index is 507. The van der Waals surface area contributed by atoms with Gasteiger partial charge in [-0.25, -0.2) is 15.0 Å². The van der Waals surface area contributed by atoms with Gasteiger partial charge in [-0.05, 0) is 19.4 Å². The van der Waals surface area contributed by atoms with Gasteiger partial charge in [0.25, 0.3) is 0 Å².